The minimum atomic E-state index is 0.0183. The van der Waals surface area contributed by atoms with E-state index in [1.807, 2.05) is 60.7 Å². The molecule has 0 bridgehead atoms. The van der Waals surface area contributed by atoms with Gasteiger partial charge >= 0.3 is 0 Å². The van der Waals surface area contributed by atoms with Crippen LogP contribution in [0.3, 0.4) is 0 Å². The first-order valence-electron chi connectivity index (χ1n) is 8.12. The highest BCUT2D eigenvalue weighted by Gasteiger charge is 2.08. The normalized spacial score (nSPS) is 11.4. The minimum absolute atomic E-state index is 0.0183. The lowest BCUT2D eigenvalue weighted by molar-refractivity contribution is 0.603. The molecule has 24 heavy (non-hydrogen) atoms. The Kier molecular flexibility index (Phi) is 5.11. The van der Waals surface area contributed by atoms with Gasteiger partial charge in [0.25, 0.3) is 5.56 Å². The highest BCUT2D eigenvalue weighted by molar-refractivity contribution is 6.30. The molecule has 4 heteroatoms. The number of nitrogens with zero attached hydrogens (tertiary/aromatic N) is 2. The van der Waals surface area contributed by atoms with Crippen LogP contribution in [0.1, 0.15) is 31.2 Å². The molecule has 1 aromatic heterocycles. The fourth-order valence-corrected chi connectivity index (χ4v) is 2.72. The van der Waals surface area contributed by atoms with Crippen LogP contribution in [0.4, 0.5) is 0 Å². The summed E-state index contributed by atoms with van der Waals surface area (Å²) in [5.41, 5.74) is 1.76. The van der Waals surface area contributed by atoms with Crippen LogP contribution >= 0.6 is 11.6 Å². The van der Waals surface area contributed by atoms with E-state index in [-0.39, 0.29) is 5.56 Å². The molecule has 0 spiro atoms. The zero-order valence-electron chi connectivity index (χ0n) is 13.6. The molecule has 3 nitrogen and oxygen atoms in total. The van der Waals surface area contributed by atoms with Crippen molar-refractivity contribution >= 4 is 34.7 Å². The third-order valence-corrected chi connectivity index (χ3v) is 4.17. The van der Waals surface area contributed by atoms with Gasteiger partial charge in [0, 0.05) is 11.6 Å². The summed E-state index contributed by atoms with van der Waals surface area (Å²) in [5, 5.41) is 1.37. The van der Waals surface area contributed by atoms with E-state index in [9.17, 15) is 4.79 Å². The van der Waals surface area contributed by atoms with Crippen molar-refractivity contribution in [1.82, 2.24) is 9.55 Å². The van der Waals surface area contributed by atoms with Gasteiger partial charge in [0.2, 0.25) is 0 Å². The number of aromatic nitrogens is 2. The van der Waals surface area contributed by atoms with E-state index >= 15 is 0 Å². The molecule has 0 amide bonds. The van der Waals surface area contributed by atoms with Gasteiger partial charge in [0.15, 0.2) is 0 Å². The predicted molar refractivity (Wildman–Crippen MR) is 101 cm³/mol. The zero-order chi connectivity index (χ0) is 16.9. The number of benzene rings is 2. The average Bonchev–Trinajstić information content (AvgIpc) is 2.61. The summed E-state index contributed by atoms with van der Waals surface area (Å²) < 4.78 is 1.76. The molecular weight excluding hydrogens is 320 g/mol. The van der Waals surface area contributed by atoms with Crippen molar-refractivity contribution in [3.05, 3.63) is 75.3 Å². The van der Waals surface area contributed by atoms with E-state index in [1.54, 1.807) is 4.57 Å². The Labute approximate surface area is 146 Å². The Morgan fingerprint density at radius 1 is 1.08 bits per heavy atom. The topological polar surface area (TPSA) is 34.9 Å². The van der Waals surface area contributed by atoms with Gasteiger partial charge in [-0.15, -0.1) is 0 Å². The summed E-state index contributed by atoms with van der Waals surface area (Å²) >= 11 is 5.92. The summed E-state index contributed by atoms with van der Waals surface area (Å²) in [4.78, 5) is 17.5. The minimum Gasteiger partial charge on any atom is -0.293 e. The summed E-state index contributed by atoms with van der Waals surface area (Å²) in [6.07, 6.45) is 5.82. The van der Waals surface area contributed by atoms with Crippen LogP contribution in [0.15, 0.2) is 53.3 Å². The third kappa shape index (κ3) is 3.57. The number of unbranched alkanes of at least 4 members (excludes halogenated alkanes) is 1. The lowest BCUT2D eigenvalue weighted by atomic mass is 10.2. The van der Waals surface area contributed by atoms with Crippen molar-refractivity contribution in [3.63, 3.8) is 0 Å². The SMILES string of the molecule is CCCCn1c(/C=C/c2ccc(Cl)cc2)nc2ccccc2c1=O. The maximum Gasteiger partial charge on any atom is 0.261 e. The molecule has 122 valence electrons. The standard InChI is InChI=1S/C20H19ClN2O/c1-2-3-14-23-19(13-10-15-8-11-16(21)12-9-15)22-18-7-5-4-6-17(18)20(23)24/h4-13H,2-3,14H2,1H3/b13-10+. The molecule has 0 saturated heterocycles. The molecule has 3 aromatic rings. The molecule has 3 rings (SSSR count). The van der Waals surface area contributed by atoms with E-state index in [2.05, 4.69) is 11.9 Å². The van der Waals surface area contributed by atoms with Crippen molar-refractivity contribution in [1.29, 1.82) is 0 Å². The first kappa shape index (κ1) is 16.5. The molecule has 0 radical (unpaired) electrons. The van der Waals surface area contributed by atoms with Gasteiger partial charge in [-0.3, -0.25) is 9.36 Å². The number of rotatable bonds is 5. The second-order valence-corrected chi connectivity index (χ2v) is 6.12. The molecular formula is C20H19ClN2O. The van der Waals surface area contributed by atoms with Gasteiger partial charge in [-0.1, -0.05) is 55.3 Å². The van der Waals surface area contributed by atoms with Gasteiger partial charge in [0.05, 0.1) is 10.9 Å². The van der Waals surface area contributed by atoms with E-state index in [0.717, 1.165) is 23.9 Å². The molecule has 0 atom stereocenters. The summed E-state index contributed by atoms with van der Waals surface area (Å²) in [6, 6.07) is 15.1. The van der Waals surface area contributed by atoms with Crippen molar-refractivity contribution in [2.45, 2.75) is 26.3 Å². The van der Waals surface area contributed by atoms with Gasteiger partial charge in [-0.05, 0) is 42.3 Å². The van der Waals surface area contributed by atoms with Crippen LogP contribution in [-0.4, -0.2) is 9.55 Å². The Hall–Kier alpha value is -2.39. The van der Waals surface area contributed by atoms with Crippen molar-refractivity contribution in [2.24, 2.45) is 0 Å². The number of hydrogen-bond donors (Lipinski definition) is 0. The molecule has 2 aromatic carbocycles. The average molecular weight is 339 g/mol. The Balaban J connectivity index is 2.07. The van der Waals surface area contributed by atoms with E-state index in [1.165, 1.54) is 0 Å². The number of halogens is 1. The van der Waals surface area contributed by atoms with Crippen LogP contribution in [0.2, 0.25) is 5.02 Å². The Morgan fingerprint density at radius 2 is 1.83 bits per heavy atom. The maximum absolute atomic E-state index is 12.8. The molecule has 0 fully saturated rings. The van der Waals surface area contributed by atoms with Crippen molar-refractivity contribution in [2.75, 3.05) is 0 Å². The lowest BCUT2D eigenvalue weighted by Gasteiger charge is -2.10. The van der Waals surface area contributed by atoms with Crippen molar-refractivity contribution in [3.8, 4) is 0 Å². The smallest absolute Gasteiger partial charge is 0.261 e. The monoisotopic (exact) mass is 338 g/mol. The summed E-state index contributed by atoms with van der Waals surface area (Å²) in [6.45, 7) is 2.79. The molecule has 0 N–H and O–H groups in total. The molecule has 1 heterocycles. The zero-order valence-corrected chi connectivity index (χ0v) is 14.3. The van der Waals surface area contributed by atoms with E-state index in [4.69, 9.17) is 11.6 Å². The van der Waals surface area contributed by atoms with Gasteiger partial charge < -0.3 is 0 Å². The largest absolute Gasteiger partial charge is 0.293 e. The fraction of sp³-hybridized carbons (Fsp3) is 0.200. The first-order valence-corrected chi connectivity index (χ1v) is 8.50. The number of fused-ring (bicyclic) bond motifs is 1. The number of para-hydroxylation sites is 1. The number of hydrogen-bond acceptors (Lipinski definition) is 2. The predicted octanol–water partition coefficient (Wildman–Crippen LogP) is 5.02. The third-order valence-electron chi connectivity index (χ3n) is 3.92. The van der Waals surface area contributed by atoms with Crippen LogP contribution in [-0.2, 0) is 6.54 Å². The molecule has 0 unspecified atom stereocenters. The van der Waals surface area contributed by atoms with E-state index < -0.39 is 0 Å². The highest BCUT2D eigenvalue weighted by Crippen LogP contribution is 2.14. The van der Waals surface area contributed by atoms with Crippen molar-refractivity contribution < 1.29 is 0 Å². The highest BCUT2D eigenvalue weighted by atomic mass is 35.5. The van der Waals surface area contributed by atoms with Gasteiger partial charge in [0.1, 0.15) is 5.82 Å². The van der Waals surface area contributed by atoms with Crippen LogP contribution in [0.25, 0.3) is 23.1 Å². The molecule has 0 saturated carbocycles. The summed E-state index contributed by atoms with van der Waals surface area (Å²) in [5.74, 6) is 0.683. The summed E-state index contributed by atoms with van der Waals surface area (Å²) in [7, 11) is 0. The van der Waals surface area contributed by atoms with Gasteiger partial charge in [-0.2, -0.15) is 0 Å². The first-order chi connectivity index (χ1) is 11.7. The quantitative estimate of drug-likeness (QED) is 0.654. The van der Waals surface area contributed by atoms with E-state index in [0.29, 0.717) is 22.8 Å². The Bertz CT molecular complexity index is 927. The molecule has 0 aliphatic heterocycles. The fourth-order valence-electron chi connectivity index (χ4n) is 2.59. The Morgan fingerprint density at radius 3 is 2.58 bits per heavy atom. The molecule has 0 aliphatic rings. The molecule has 0 aliphatic carbocycles. The van der Waals surface area contributed by atoms with Crippen LogP contribution in [0, 0.1) is 0 Å². The van der Waals surface area contributed by atoms with Gasteiger partial charge in [-0.25, -0.2) is 4.98 Å². The lowest BCUT2D eigenvalue weighted by Crippen LogP contribution is -2.24. The second-order valence-electron chi connectivity index (χ2n) is 5.68. The van der Waals surface area contributed by atoms with Crippen LogP contribution < -0.4 is 5.56 Å². The second kappa shape index (κ2) is 7.45. The van der Waals surface area contributed by atoms with Crippen LogP contribution in [0.5, 0.6) is 0 Å². The maximum atomic E-state index is 12.8.